The Bertz CT molecular complexity index is 469. The van der Waals surface area contributed by atoms with E-state index >= 15 is 0 Å². The Balaban J connectivity index is 1.89. The van der Waals surface area contributed by atoms with Crippen LogP contribution in [0.5, 0.6) is 0 Å². The number of H-pyrrole nitrogens is 1. The van der Waals surface area contributed by atoms with Crippen molar-refractivity contribution in [3.63, 3.8) is 0 Å². The molecule has 2 aromatic rings. The van der Waals surface area contributed by atoms with Gasteiger partial charge in [-0.25, -0.2) is 4.98 Å². The molecule has 0 radical (unpaired) electrons. The summed E-state index contributed by atoms with van der Waals surface area (Å²) in [6.45, 7) is 0.129. The second-order valence-electron chi connectivity index (χ2n) is 3.47. The van der Waals surface area contributed by atoms with Crippen LogP contribution in [0.2, 0.25) is 0 Å². The molecule has 0 saturated heterocycles. The Labute approximate surface area is 97.7 Å². The maximum Gasteiger partial charge on any atom is 0.288 e. The number of amides is 1. The molecule has 0 fully saturated rings. The fraction of sp³-hybridized carbons (Fsp3) is 0.182. The zero-order chi connectivity index (χ0) is 12.1. The van der Waals surface area contributed by atoms with E-state index in [-0.39, 0.29) is 12.4 Å². The molecule has 0 aliphatic heterocycles. The zero-order valence-electron chi connectivity index (χ0n) is 9.00. The van der Waals surface area contributed by atoms with Crippen LogP contribution in [0, 0.1) is 0 Å². The molecule has 0 saturated carbocycles. The molecule has 0 bridgehead atoms. The molecule has 0 aliphatic carbocycles. The van der Waals surface area contributed by atoms with Gasteiger partial charge in [0.15, 0.2) is 0 Å². The van der Waals surface area contributed by atoms with Crippen molar-refractivity contribution < 1.29 is 9.90 Å². The number of aliphatic hydroxyl groups excluding tert-OH is 1. The summed E-state index contributed by atoms with van der Waals surface area (Å²) >= 11 is 0. The van der Waals surface area contributed by atoms with Crippen LogP contribution in [0.3, 0.4) is 0 Å². The monoisotopic (exact) mass is 232 g/mol. The topological polar surface area (TPSA) is 90.9 Å². The largest absolute Gasteiger partial charge is 0.387 e. The van der Waals surface area contributed by atoms with Crippen LogP contribution in [0.1, 0.15) is 22.3 Å². The average Bonchev–Trinajstić information content (AvgIpc) is 2.90. The van der Waals surface area contributed by atoms with Crippen molar-refractivity contribution in [2.24, 2.45) is 0 Å². The van der Waals surface area contributed by atoms with E-state index in [9.17, 15) is 9.90 Å². The molecule has 1 aromatic heterocycles. The number of hydrogen-bond acceptors (Lipinski definition) is 4. The first-order valence-corrected chi connectivity index (χ1v) is 5.14. The van der Waals surface area contributed by atoms with Crippen molar-refractivity contribution >= 4 is 5.91 Å². The van der Waals surface area contributed by atoms with Crippen molar-refractivity contribution in [1.82, 2.24) is 20.5 Å². The maximum atomic E-state index is 11.5. The minimum Gasteiger partial charge on any atom is -0.387 e. The van der Waals surface area contributed by atoms with Crippen LogP contribution in [-0.4, -0.2) is 32.7 Å². The SMILES string of the molecule is O=C(NCC(O)c1ccccc1)c1ncn[nH]1. The second-order valence-corrected chi connectivity index (χ2v) is 3.47. The highest BCUT2D eigenvalue weighted by Crippen LogP contribution is 2.10. The van der Waals surface area contributed by atoms with Gasteiger partial charge < -0.3 is 10.4 Å². The lowest BCUT2D eigenvalue weighted by Gasteiger charge is -2.11. The molecule has 1 amide bonds. The second kappa shape index (κ2) is 5.22. The van der Waals surface area contributed by atoms with E-state index in [1.165, 1.54) is 6.33 Å². The highest BCUT2D eigenvalue weighted by molar-refractivity contribution is 5.90. The van der Waals surface area contributed by atoms with E-state index in [0.717, 1.165) is 5.56 Å². The summed E-state index contributed by atoms with van der Waals surface area (Å²) in [5.41, 5.74) is 0.755. The number of carbonyl (C=O) groups is 1. The first-order chi connectivity index (χ1) is 8.27. The lowest BCUT2D eigenvalue weighted by Crippen LogP contribution is -2.29. The number of aromatic nitrogens is 3. The average molecular weight is 232 g/mol. The van der Waals surface area contributed by atoms with Gasteiger partial charge in [-0.2, -0.15) is 5.10 Å². The van der Waals surface area contributed by atoms with Gasteiger partial charge >= 0.3 is 0 Å². The molecule has 88 valence electrons. The van der Waals surface area contributed by atoms with Gasteiger partial charge in [-0.3, -0.25) is 9.89 Å². The van der Waals surface area contributed by atoms with Crippen molar-refractivity contribution in [3.8, 4) is 0 Å². The summed E-state index contributed by atoms with van der Waals surface area (Å²) in [6.07, 6.45) is 0.519. The third-order valence-corrected chi connectivity index (χ3v) is 2.27. The van der Waals surface area contributed by atoms with Crippen LogP contribution >= 0.6 is 0 Å². The smallest absolute Gasteiger partial charge is 0.288 e. The summed E-state index contributed by atoms with van der Waals surface area (Å²) in [7, 11) is 0. The molecule has 17 heavy (non-hydrogen) atoms. The highest BCUT2D eigenvalue weighted by Gasteiger charge is 2.11. The molecule has 3 N–H and O–H groups in total. The summed E-state index contributed by atoms with van der Waals surface area (Å²) in [5, 5.41) is 18.4. The Hall–Kier alpha value is -2.21. The number of carbonyl (C=O) groups excluding carboxylic acids is 1. The molecule has 6 heteroatoms. The number of benzene rings is 1. The van der Waals surface area contributed by atoms with Gasteiger partial charge in [0.05, 0.1) is 6.10 Å². The third-order valence-electron chi connectivity index (χ3n) is 2.27. The van der Waals surface area contributed by atoms with E-state index in [1.54, 1.807) is 12.1 Å². The number of hydrogen-bond donors (Lipinski definition) is 3. The molecule has 1 aromatic carbocycles. The fourth-order valence-electron chi connectivity index (χ4n) is 1.38. The van der Waals surface area contributed by atoms with Crippen molar-refractivity contribution in [3.05, 3.63) is 48.0 Å². The van der Waals surface area contributed by atoms with Gasteiger partial charge in [-0.15, -0.1) is 0 Å². The van der Waals surface area contributed by atoms with Crippen LogP contribution < -0.4 is 5.32 Å². The predicted octanol–water partition coefficient (Wildman–Crippen LogP) is 0.268. The molecule has 1 atom stereocenters. The normalized spacial score (nSPS) is 12.1. The van der Waals surface area contributed by atoms with E-state index in [2.05, 4.69) is 20.5 Å². The summed E-state index contributed by atoms with van der Waals surface area (Å²) in [4.78, 5) is 15.2. The number of aromatic amines is 1. The maximum absolute atomic E-state index is 11.5. The zero-order valence-corrected chi connectivity index (χ0v) is 9.00. The molecule has 1 heterocycles. The first-order valence-electron chi connectivity index (χ1n) is 5.14. The van der Waals surface area contributed by atoms with Crippen molar-refractivity contribution in [2.45, 2.75) is 6.10 Å². The lowest BCUT2D eigenvalue weighted by atomic mass is 10.1. The van der Waals surface area contributed by atoms with Gasteiger partial charge in [0.1, 0.15) is 6.33 Å². The summed E-state index contributed by atoms with van der Waals surface area (Å²) in [6, 6.07) is 9.12. The molecule has 1 unspecified atom stereocenters. The van der Waals surface area contributed by atoms with Crippen LogP contribution in [0.25, 0.3) is 0 Å². The number of rotatable bonds is 4. The molecule has 6 nitrogen and oxygen atoms in total. The third kappa shape index (κ3) is 2.88. The molecule has 0 spiro atoms. The Morgan fingerprint density at radius 3 is 2.82 bits per heavy atom. The Kier molecular flexibility index (Phi) is 3.46. The number of nitrogens with one attached hydrogen (secondary N) is 2. The summed E-state index contributed by atoms with van der Waals surface area (Å²) < 4.78 is 0. The van der Waals surface area contributed by atoms with Crippen molar-refractivity contribution in [1.29, 1.82) is 0 Å². The van der Waals surface area contributed by atoms with Crippen LogP contribution in [-0.2, 0) is 0 Å². The standard InChI is InChI=1S/C11H12N4O2/c16-9(8-4-2-1-3-5-8)6-12-11(17)10-13-7-14-15-10/h1-5,7,9,16H,6H2,(H,12,17)(H,13,14,15). The fourth-order valence-corrected chi connectivity index (χ4v) is 1.38. The minimum absolute atomic E-state index is 0.129. The molecule has 0 aliphatic rings. The molecule has 2 rings (SSSR count). The van der Waals surface area contributed by atoms with Gasteiger partial charge in [0, 0.05) is 6.54 Å². The molecular weight excluding hydrogens is 220 g/mol. The van der Waals surface area contributed by atoms with E-state index in [1.807, 2.05) is 18.2 Å². The van der Waals surface area contributed by atoms with E-state index in [0.29, 0.717) is 0 Å². The predicted molar refractivity (Wildman–Crippen MR) is 60.1 cm³/mol. The van der Waals surface area contributed by atoms with Gasteiger partial charge in [-0.1, -0.05) is 30.3 Å². The Morgan fingerprint density at radius 2 is 2.18 bits per heavy atom. The summed E-state index contributed by atoms with van der Waals surface area (Å²) in [5.74, 6) is -0.261. The Morgan fingerprint density at radius 1 is 1.41 bits per heavy atom. The van der Waals surface area contributed by atoms with Gasteiger partial charge in [0.2, 0.25) is 5.82 Å². The van der Waals surface area contributed by atoms with Crippen LogP contribution in [0.4, 0.5) is 0 Å². The van der Waals surface area contributed by atoms with Crippen molar-refractivity contribution in [2.75, 3.05) is 6.54 Å². The van der Waals surface area contributed by atoms with E-state index < -0.39 is 12.0 Å². The van der Waals surface area contributed by atoms with Gasteiger partial charge in [-0.05, 0) is 5.56 Å². The van der Waals surface area contributed by atoms with Crippen LogP contribution in [0.15, 0.2) is 36.7 Å². The lowest BCUT2D eigenvalue weighted by molar-refractivity contribution is 0.0906. The molecular formula is C11H12N4O2. The van der Waals surface area contributed by atoms with Gasteiger partial charge in [0.25, 0.3) is 5.91 Å². The number of nitrogens with zero attached hydrogens (tertiary/aromatic N) is 2. The highest BCUT2D eigenvalue weighted by atomic mass is 16.3. The minimum atomic E-state index is -0.733. The quantitative estimate of drug-likeness (QED) is 0.705. The van der Waals surface area contributed by atoms with E-state index in [4.69, 9.17) is 0 Å². The first kappa shape index (κ1) is 11.3. The number of aliphatic hydroxyl groups is 1.